The van der Waals surface area contributed by atoms with Crippen molar-refractivity contribution in [3.63, 3.8) is 0 Å². The molecule has 0 aromatic heterocycles. The maximum atomic E-state index is 5.52. The van der Waals surface area contributed by atoms with Crippen molar-refractivity contribution >= 4 is 11.8 Å². The number of nitrogens with one attached hydrogen (secondary N) is 1. The Morgan fingerprint density at radius 2 is 2.23 bits per heavy atom. The topological polar surface area (TPSA) is 38.0 Å². The van der Waals surface area contributed by atoms with Crippen molar-refractivity contribution in [1.29, 1.82) is 0 Å². The normalized spacial score (nSPS) is 39.0. The van der Waals surface area contributed by atoms with Gasteiger partial charge < -0.3 is 11.1 Å². The highest BCUT2D eigenvalue weighted by Gasteiger charge is 2.36. The Kier molecular flexibility index (Phi) is 3.52. The summed E-state index contributed by atoms with van der Waals surface area (Å²) >= 11 is 2.19. The van der Waals surface area contributed by atoms with Gasteiger partial charge in [0.05, 0.1) is 0 Å². The molecule has 0 aromatic rings. The molecule has 0 bridgehead atoms. The standard InChI is InChI=1S/C10H20N2S/c11-5-6-12-9-2-1-3-10-8(9)4-7-13-10/h8-10,12H,1-7,11H2. The van der Waals surface area contributed by atoms with Crippen molar-refractivity contribution in [3.05, 3.63) is 0 Å². The van der Waals surface area contributed by atoms with Crippen LogP contribution in [0.25, 0.3) is 0 Å². The lowest BCUT2D eigenvalue weighted by Gasteiger charge is -2.33. The van der Waals surface area contributed by atoms with Crippen molar-refractivity contribution < 1.29 is 0 Å². The molecule has 3 heteroatoms. The summed E-state index contributed by atoms with van der Waals surface area (Å²) in [5, 5.41) is 4.57. The highest BCUT2D eigenvalue weighted by Crippen LogP contribution is 2.41. The predicted molar refractivity (Wildman–Crippen MR) is 59.0 cm³/mol. The summed E-state index contributed by atoms with van der Waals surface area (Å²) < 4.78 is 0. The number of hydrogen-bond acceptors (Lipinski definition) is 3. The van der Waals surface area contributed by atoms with Gasteiger partial charge in [-0.25, -0.2) is 0 Å². The Hall–Kier alpha value is 0.270. The van der Waals surface area contributed by atoms with Gasteiger partial charge in [0.15, 0.2) is 0 Å². The molecule has 76 valence electrons. The Bertz CT molecular complexity index is 163. The summed E-state index contributed by atoms with van der Waals surface area (Å²) in [7, 11) is 0. The monoisotopic (exact) mass is 200 g/mol. The first-order valence-electron chi connectivity index (χ1n) is 5.47. The van der Waals surface area contributed by atoms with Crippen LogP contribution in [0.1, 0.15) is 25.7 Å². The summed E-state index contributed by atoms with van der Waals surface area (Å²) in [5.41, 5.74) is 5.52. The van der Waals surface area contributed by atoms with Gasteiger partial charge in [0.1, 0.15) is 0 Å². The Labute approximate surface area is 85.0 Å². The zero-order chi connectivity index (χ0) is 9.10. The molecule has 0 radical (unpaired) electrons. The molecule has 2 rings (SSSR count). The number of thioether (sulfide) groups is 1. The van der Waals surface area contributed by atoms with Gasteiger partial charge in [-0.2, -0.15) is 11.8 Å². The van der Waals surface area contributed by atoms with Crippen molar-refractivity contribution in [2.45, 2.75) is 37.0 Å². The molecule has 1 heterocycles. The van der Waals surface area contributed by atoms with E-state index in [-0.39, 0.29) is 0 Å². The van der Waals surface area contributed by atoms with Crippen LogP contribution in [0.2, 0.25) is 0 Å². The van der Waals surface area contributed by atoms with Crippen molar-refractivity contribution in [1.82, 2.24) is 5.32 Å². The molecule has 1 aliphatic heterocycles. The molecule has 3 unspecified atom stereocenters. The van der Waals surface area contributed by atoms with Gasteiger partial charge in [-0.05, 0) is 30.9 Å². The minimum absolute atomic E-state index is 0.775. The van der Waals surface area contributed by atoms with Crippen molar-refractivity contribution in [2.24, 2.45) is 11.7 Å². The fourth-order valence-electron chi connectivity index (χ4n) is 2.70. The van der Waals surface area contributed by atoms with E-state index >= 15 is 0 Å². The van der Waals surface area contributed by atoms with Crippen LogP contribution in [-0.2, 0) is 0 Å². The molecule has 3 N–H and O–H groups in total. The molecule has 2 fully saturated rings. The maximum absolute atomic E-state index is 5.52. The molecule has 2 aliphatic rings. The van der Waals surface area contributed by atoms with E-state index in [9.17, 15) is 0 Å². The third-order valence-corrected chi connectivity index (χ3v) is 4.82. The van der Waals surface area contributed by atoms with Crippen molar-refractivity contribution in [2.75, 3.05) is 18.8 Å². The molecule has 1 saturated heterocycles. The highest BCUT2D eigenvalue weighted by atomic mass is 32.2. The largest absolute Gasteiger partial charge is 0.329 e. The maximum Gasteiger partial charge on any atom is 0.0107 e. The molecule has 1 saturated carbocycles. The average molecular weight is 200 g/mol. The predicted octanol–water partition coefficient (Wildman–Crippen LogP) is 1.21. The van der Waals surface area contributed by atoms with E-state index in [1.807, 2.05) is 0 Å². The van der Waals surface area contributed by atoms with Crippen LogP contribution >= 0.6 is 11.8 Å². The van der Waals surface area contributed by atoms with Crippen LogP contribution in [0.5, 0.6) is 0 Å². The molecule has 0 amide bonds. The summed E-state index contributed by atoms with van der Waals surface area (Å²) in [6.45, 7) is 1.78. The minimum Gasteiger partial charge on any atom is -0.329 e. The lowest BCUT2D eigenvalue weighted by atomic mass is 9.82. The summed E-state index contributed by atoms with van der Waals surface area (Å²) in [6.07, 6.45) is 5.67. The first-order valence-corrected chi connectivity index (χ1v) is 6.52. The molecular formula is C10H20N2S. The van der Waals surface area contributed by atoms with E-state index in [1.54, 1.807) is 0 Å². The van der Waals surface area contributed by atoms with Crippen LogP contribution in [-0.4, -0.2) is 30.1 Å². The zero-order valence-corrected chi connectivity index (χ0v) is 8.98. The number of nitrogens with two attached hydrogens (primary N) is 1. The third kappa shape index (κ3) is 2.20. The zero-order valence-electron chi connectivity index (χ0n) is 8.17. The molecule has 0 spiro atoms. The van der Waals surface area contributed by atoms with Crippen LogP contribution in [0.3, 0.4) is 0 Å². The summed E-state index contributed by atoms with van der Waals surface area (Å²) in [4.78, 5) is 0. The van der Waals surface area contributed by atoms with Gasteiger partial charge in [-0.15, -0.1) is 0 Å². The van der Waals surface area contributed by atoms with Gasteiger partial charge in [-0.3, -0.25) is 0 Å². The minimum atomic E-state index is 0.775. The van der Waals surface area contributed by atoms with Gasteiger partial charge in [0, 0.05) is 24.4 Å². The second-order valence-electron chi connectivity index (χ2n) is 4.14. The highest BCUT2D eigenvalue weighted by molar-refractivity contribution is 8.00. The van der Waals surface area contributed by atoms with E-state index in [2.05, 4.69) is 17.1 Å². The van der Waals surface area contributed by atoms with Gasteiger partial charge in [0.25, 0.3) is 0 Å². The quantitative estimate of drug-likeness (QED) is 0.719. The molecule has 1 aliphatic carbocycles. The Morgan fingerprint density at radius 1 is 1.31 bits per heavy atom. The first kappa shape index (κ1) is 9.81. The van der Waals surface area contributed by atoms with Gasteiger partial charge >= 0.3 is 0 Å². The third-order valence-electron chi connectivity index (χ3n) is 3.33. The number of fused-ring (bicyclic) bond motifs is 1. The fraction of sp³-hybridized carbons (Fsp3) is 1.00. The van der Waals surface area contributed by atoms with E-state index in [1.165, 1.54) is 31.4 Å². The fourth-order valence-corrected chi connectivity index (χ4v) is 4.32. The molecule has 3 atom stereocenters. The van der Waals surface area contributed by atoms with Crippen LogP contribution in [0, 0.1) is 5.92 Å². The molecule has 13 heavy (non-hydrogen) atoms. The SMILES string of the molecule is NCCNC1CCCC2SCCC12. The molecule has 0 aromatic carbocycles. The summed E-state index contributed by atoms with van der Waals surface area (Å²) in [5.74, 6) is 2.33. The lowest BCUT2D eigenvalue weighted by Crippen LogP contribution is -2.43. The number of rotatable bonds is 3. The van der Waals surface area contributed by atoms with E-state index in [4.69, 9.17) is 5.73 Å². The first-order chi connectivity index (χ1) is 6.42. The van der Waals surface area contributed by atoms with Gasteiger partial charge in [0.2, 0.25) is 0 Å². The van der Waals surface area contributed by atoms with E-state index in [0.29, 0.717) is 0 Å². The molecular weight excluding hydrogens is 180 g/mol. The van der Waals surface area contributed by atoms with Crippen LogP contribution < -0.4 is 11.1 Å². The van der Waals surface area contributed by atoms with Crippen molar-refractivity contribution in [3.8, 4) is 0 Å². The molecule has 2 nitrogen and oxygen atoms in total. The smallest absolute Gasteiger partial charge is 0.0107 e. The van der Waals surface area contributed by atoms with E-state index in [0.717, 1.165) is 30.3 Å². The van der Waals surface area contributed by atoms with Crippen LogP contribution in [0.15, 0.2) is 0 Å². The second kappa shape index (κ2) is 4.67. The summed E-state index contributed by atoms with van der Waals surface area (Å²) in [6, 6.07) is 0.775. The lowest BCUT2D eigenvalue weighted by molar-refractivity contribution is 0.278. The Morgan fingerprint density at radius 3 is 3.08 bits per heavy atom. The average Bonchev–Trinajstić information content (AvgIpc) is 2.62. The Balaban J connectivity index is 1.86. The van der Waals surface area contributed by atoms with Gasteiger partial charge in [-0.1, -0.05) is 6.42 Å². The second-order valence-corrected chi connectivity index (χ2v) is 5.49. The van der Waals surface area contributed by atoms with E-state index < -0.39 is 0 Å². The number of hydrogen-bond donors (Lipinski definition) is 2. The van der Waals surface area contributed by atoms with Crippen LogP contribution in [0.4, 0.5) is 0 Å².